The number of hydrogen-bond acceptors (Lipinski definition) is 9. The first-order chi connectivity index (χ1) is 13.3. The number of carbonyl (C=O) groups is 5. The molecule has 0 heterocycles. The van der Waals surface area contributed by atoms with Gasteiger partial charge in [0.05, 0.1) is 24.7 Å². The Hall–Kier alpha value is -2.42. The maximum absolute atomic E-state index is 12.4. The molecule has 29 heavy (non-hydrogen) atoms. The Labute approximate surface area is 172 Å². The molecule has 166 valence electrons. The minimum atomic E-state index is -1.70. The Morgan fingerprint density at radius 3 is 1.76 bits per heavy atom. The van der Waals surface area contributed by atoms with Crippen molar-refractivity contribution in [1.82, 2.24) is 16.0 Å². The van der Waals surface area contributed by atoms with Gasteiger partial charge >= 0.3 is 5.97 Å². The van der Waals surface area contributed by atoms with E-state index < -0.39 is 72.4 Å². The van der Waals surface area contributed by atoms with Gasteiger partial charge in [-0.25, -0.2) is 4.79 Å². The van der Waals surface area contributed by atoms with E-state index in [1.165, 1.54) is 0 Å². The van der Waals surface area contributed by atoms with E-state index in [9.17, 15) is 34.2 Å². The predicted molar refractivity (Wildman–Crippen MR) is 102 cm³/mol. The summed E-state index contributed by atoms with van der Waals surface area (Å²) >= 11 is 3.84. The van der Waals surface area contributed by atoms with Crippen LogP contribution in [-0.2, 0) is 24.0 Å². The molecule has 0 aliphatic rings. The number of amides is 4. The van der Waals surface area contributed by atoms with Crippen molar-refractivity contribution in [3.8, 4) is 0 Å². The Morgan fingerprint density at radius 1 is 0.897 bits per heavy atom. The van der Waals surface area contributed by atoms with Gasteiger partial charge in [-0.15, -0.1) is 0 Å². The second-order valence-corrected chi connectivity index (χ2v) is 6.68. The molecule has 0 radical (unpaired) electrons. The molecule has 6 atom stereocenters. The molecule has 0 saturated carbocycles. The highest BCUT2D eigenvalue weighted by atomic mass is 32.1. The molecule has 0 fully saturated rings. The average Bonchev–Trinajstić information content (AvgIpc) is 2.60. The van der Waals surface area contributed by atoms with E-state index >= 15 is 0 Å². The van der Waals surface area contributed by atoms with Crippen molar-refractivity contribution in [2.75, 3.05) is 5.75 Å². The first kappa shape index (κ1) is 26.6. The number of carbonyl (C=O) groups excluding carboxylic acids is 4. The van der Waals surface area contributed by atoms with Crippen LogP contribution in [0.5, 0.6) is 0 Å². The van der Waals surface area contributed by atoms with Crippen LogP contribution in [0.15, 0.2) is 0 Å². The van der Waals surface area contributed by atoms with E-state index in [0.717, 1.165) is 13.8 Å². The largest absolute Gasteiger partial charge is 0.480 e. The summed E-state index contributed by atoms with van der Waals surface area (Å²) in [6.45, 7) is 2.26. The van der Waals surface area contributed by atoms with E-state index in [1.54, 1.807) is 0 Å². The van der Waals surface area contributed by atoms with Gasteiger partial charge in [-0.2, -0.15) is 12.6 Å². The van der Waals surface area contributed by atoms with Gasteiger partial charge in [-0.1, -0.05) is 0 Å². The Bertz CT molecular complexity index is 630. The second-order valence-electron chi connectivity index (χ2n) is 6.31. The summed E-state index contributed by atoms with van der Waals surface area (Å²) in [5, 5.41) is 34.5. The number of primary amides is 1. The van der Waals surface area contributed by atoms with Gasteiger partial charge in [0.1, 0.15) is 12.1 Å². The lowest BCUT2D eigenvalue weighted by Gasteiger charge is -2.26. The number of hydrogen-bond donors (Lipinski definition) is 9. The summed E-state index contributed by atoms with van der Waals surface area (Å²) in [6, 6.07) is -5.95. The molecule has 0 bridgehead atoms. The van der Waals surface area contributed by atoms with Crippen LogP contribution in [0, 0.1) is 0 Å². The number of aliphatic hydroxyl groups is 2. The topological polar surface area (TPSA) is 234 Å². The first-order valence-corrected chi connectivity index (χ1v) is 9.09. The average molecular weight is 437 g/mol. The van der Waals surface area contributed by atoms with E-state index in [4.69, 9.17) is 16.6 Å². The SMILES string of the molecule is CC(O)C(NC(=O)C(NC(=O)C(CC(N)=O)NC(=O)C(N)CS)C(C)O)C(=O)O. The molecular weight excluding hydrogens is 410 g/mol. The van der Waals surface area contributed by atoms with Crippen molar-refractivity contribution >= 4 is 42.2 Å². The zero-order valence-electron chi connectivity index (χ0n) is 15.9. The Kier molecular flexibility index (Phi) is 11.2. The van der Waals surface area contributed by atoms with Gasteiger partial charge in [0, 0.05) is 5.75 Å². The first-order valence-electron chi connectivity index (χ1n) is 8.46. The predicted octanol–water partition coefficient (Wildman–Crippen LogP) is -4.58. The zero-order chi connectivity index (χ0) is 22.9. The lowest BCUT2D eigenvalue weighted by Crippen LogP contribution is -2.61. The van der Waals surface area contributed by atoms with Gasteiger partial charge in [0.2, 0.25) is 23.6 Å². The van der Waals surface area contributed by atoms with Crippen LogP contribution in [0.25, 0.3) is 0 Å². The fourth-order valence-electron chi connectivity index (χ4n) is 2.06. The molecule has 0 aromatic carbocycles. The highest BCUT2D eigenvalue weighted by Gasteiger charge is 2.34. The van der Waals surface area contributed by atoms with Crippen molar-refractivity contribution in [2.24, 2.45) is 11.5 Å². The van der Waals surface area contributed by atoms with Gasteiger partial charge < -0.3 is 42.7 Å². The molecule has 0 aromatic rings. The highest BCUT2D eigenvalue weighted by Crippen LogP contribution is 2.01. The van der Waals surface area contributed by atoms with Crippen molar-refractivity contribution in [2.45, 2.75) is 56.6 Å². The van der Waals surface area contributed by atoms with E-state index in [1.807, 2.05) is 5.32 Å². The van der Waals surface area contributed by atoms with Crippen molar-refractivity contribution in [3.63, 3.8) is 0 Å². The lowest BCUT2D eigenvalue weighted by atomic mass is 10.1. The Balaban J connectivity index is 5.41. The van der Waals surface area contributed by atoms with Gasteiger partial charge in [0.15, 0.2) is 6.04 Å². The summed E-state index contributed by atoms with van der Waals surface area (Å²) in [7, 11) is 0. The molecule has 0 rings (SSSR count). The molecule has 4 amide bonds. The van der Waals surface area contributed by atoms with Crippen LogP contribution in [0.2, 0.25) is 0 Å². The van der Waals surface area contributed by atoms with Crippen LogP contribution in [0.1, 0.15) is 20.3 Å². The minimum absolute atomic E-state index is 0.0502. The number of nitrogens with two attached hydrogens (primary N) is 2. The molecular formula is C15H27N5O8S. The molecule has 0 spiro atoms. The molecule has 6 unspecified atom stereocenters. The van der Waals surface area contributed by atoms with Crippen molar-refractivity contribution in [1.29, 1.82) is 0 Å². The van der Waals surface area contributed by atoms with Crippen LogP contribution in [0.4, 0.5) is 0 Å². The second kappa shape index (κ2) is 12.2. The van der Waals surface area contributed by atoms with Gasteiger partial charge in [-0.3, -0.25) is 19.2 Å². The smallest absolute Gasteiger partial charge is 0.328 e. The summed E-state index contributed by atoms with van der Waals surface area (Å²) in [5.41, 5.74) is 10.5. The summed E-state index contributed by atoms with van der Waals surface area (Å²) < 4.78 is 0. The normalized spacial score (nSPS) is 17.0. The third-order valence-electron chi connectivity index (χ3n) is 3.68. The maximum Gasteiger partial charge on any atom is 0.328 e. The van der Waals surface area contributed by atoms with Gasteiger partial charge in [0.25, 0.3) is 0 Å². The minimum Gasteiger partial charge on any atom is -0.480 e. The third-order valence-corrected chi connectivity index (χ3v) is 4.07. The van der Waals surface area contributed by atoms with Gasteiger partial charge in [-0.05, 0) is 13.8 Å². The van der Waals surface area contributed by atoms with E-state index in [0.29, 0.717) is 0 Å². The van der Waals surface area contributed by atoms with Crippen LogP contribution in [-0.4, -0.2) is 87.0 Å². The quantitative estimate of drug-likeness (QED) is 0.133. The molecule has 14 heteroatoms. The van der Waals surface area contributed by atoms with E-state index in [2.05, 4.69) is 23.3 Å². The maximum atomic E-state index is 12.4. The fourth-order valence-corrected chi connectivity index (χ4v) is 2.23. The van der Waals surface area contributed by atoms with E-state index in [-0.39, 0.29) is 5.75 Å². The number of aliphatic hydroxyl groups excluding tert-OH is 2. The summed E-state index contributed by atoms with van der Waals surface area (Å²) in [5.74, 6) is -5.50. The summed E-state index contributed by atoms with van der Waals surface area (Å²) in [4.78, 5) is 58.9. The summed E-state index contributed by atoms with van der Waals surface area (Å²) in [6.07, 6.45) is -3.59. The number of carboxylic acid groups (broad SMARTS) is 1. The highest BCUT2D eigenvalue weighted by molar-refractivity contribution is 7.80. The van der Waals surface area contributed by atoms with Crippen LogP contribution >= 0.6 is 12.6 Å². The number of thiol groups is 1. The molecule has 0 aromatic heterocycles. The van der Waals surface area contributed by atoms with Crippen molar-refractivity contribution in [3.05, 3.63) is 0 Å². The lowest BCUT2D eigenvalue weighted by molar-refractivity contribution is -0.146. The molecule has 0 aliphatic heterocycles. The number of aliphatic carboxylic acids is 1. The van der Waals surface area contributed by atoms with Crippen LogP contribution < -0.4 is 27.4 Å². The molecule has 0 saturated heterocycles. The monoisotopic (exact) mass is 437 g/mol. The standard InChI is InChI=1S/C15H27N5O8S/c1-5(21)10(14(26)20-11(6(2)22)15(27)28)19-13(25)8(3-9(17)23)18-12(24)7(16)4-29/h5-8,10-11,21-22,29H,3-4,16H2,1-2H3,(H2,17,23)(H,18,24)(H,19,25)(H,20,26)(H,27,28). The fraction of sp³-hybridized carbons (Fsp3) is 0.667. The number of nitrogens with one attached hydrogen (secondary N) is 3. The van der Waals surface area contributed by atoms with Crippen LogP contribution in [0.3, 0.4) is 0 Å². The number of rotatable bonds is 12. The molecule has 0 aliphatic carbocycles. The number of carboxylic acids is 1. The third kappa shape index (κ3) is 9.08. The zero-order valence-corrected chi connectivity index (χ0v) is 16.8. The Morgan fingerprint density at radius 2 is 1.38 bits per heavy atom. The van der Waals surface area contributed by atoms with Crippen molar-refractivity contribution < 1.29 is 39.3 Å². The molecule has 13 nitrogen and oxygen atoms in total. The molecule has 10 N–H and O–H groups in total.